The molecule has 0 fully saturated rings. The lowest BCUT2D eigenvalue weighted by molar-refractivity contribution is 0.633. The topological polar surface area (TPSA) is 67.6 Å². The van der Waals surface area contributed by atoms with Crippen molar-refractivity contribution in [3.05, 3.63) is 41.8 Å². The highest BCUT2D eigenvalue weighted by molar-refractivity contribution is 5.80. The molecule has 0 aliphatic carbocycles. The van der Waals surface area contributed by atoms with Gasteiger partial charge in [-0.15, -0.1) is 0 Å². The molecule has 0 saturated heterocycles. The normalized spacial score (nSPS) is 11.0. The van der Waals surface area contributed by atoms with E-state index < -0.39 is 5.82 Å². The van der Waals surface area contributed by atoms with Gasteiger partial charge in [0.25, 0.3) is 0 Å². The molecule has 3 N–H and O–H groups in total. The van der Waals surface area contributed by atoms with Crippen LogP contribution in [-0.4, -0.2) is 15.0 Å². The number of nitrogens with zero attached hydrogens (tertiary/aromatic N) is 2. The quantitative estimate of drug-likeness (QED) is 0.644. The predicted octanol–water partition coefficient (Wildman–Crippen LogP) is 2.65. The lowest BCUT2D eigenvalue weighted by Gasteiger charge is -2.02. The molecule has 5 heteroatoms. The molecule has 18 heavy (non-hydrogen) atoms. The lowest BCUT2D eigenvalue weighted by atomic mass is 10.1. The second-order valence-corrected chi connectivity index (χ2v) is 4.11. The van der Waals surface area contributed by atoms with E-state index in [-0.39, 0.29) is 5.69 Å². The summed E-state index contributed by atoms with van der Waals surface area (Å²) in [5, 5.41) is 0. The molecule has 0 aliphatic rings. The molecule has 2 aromatic heterocycles. The summed E-state index contributed by atoms with van der Waals surface area (Å²) < 4.78 is 13.4. The molecule has 1 aromatic carbocycles. The SMILES string of the molecule is Cc1ccc2[nH]c(-c3cccc(F)c3N)nc2n1. The standard InChI is InChI=1S/C13H11FN4/c1-7-5-6-10-13(16-7)18-12(17-10)8-3-2-4-9(14)11(8)15/h2-6H,15H2,1H3,(H,16,17,18). The van der Waals surface area contributed by atoms with Crippen molar-refractivity contribution in [3.8, 4) is 11.4 Å². The maximum atomic E-state index is 13.4. The third-order valence-corrected chi connectivity index (χ3v) is 2.79. The fourth-order valence-electron chi connectivity index (χ4n) is 1.86. The van der Waals surface area contributed by atoms with Gasteiger partial charge in [-0.25, -0.2) is 14.4 Å². The first-order valence-electron chi connectivity index (χ1n) is 5.53. The highest BCUT2D eigenvalue weighted by Crippen LogP contribution is 2.26. The van der Waals surface area contributed by atoms with E-state index in [1.807, 2.05) is 19.1 Å². The fourth-order valence-corrected chi connectivity index (χ4v) is 1.86. The van der Waals surface area contributed by atoms with Gasteiger partial charge in [0.15, 0.2) is 5.65 Å². The molecule has 4 nitrogen and oxygen atoms in total. The van der Waals surface area contributed by atoms with Crippen LogP contribution in [0.4, 0.5) is 10.1 Å². The zero-order valence-electron chi connectivity index (χ0n) is 9.74. The van der Waals surface area contributed by atoms with Gasteiger partial charge < -0.3 is 10.7 Å². The number of aryl methyl sites for hydroxylation is 1. The van der Waals surface area contributed by atoms with Crippen LogP contribution in [0.3, 0.4) is 0 Å². The largest absolute Gasteiger partial charge is 0.396 e. The molecular weight excluding hydrogens is 231 g/mol. The second-order valence-electron chi connectivity index (χ2n) is 4.11. The Morgan fingerprint density at radius 2 is 2.00 bits per heavy atom. The number of benzene rings is 1. The van der Waals surface area contributed by atoms with Crippen molar-refractivity contribution in [2.24, 2.45) is 0 Å². The van der Waals surface area contributed by atoms with Crippen LogP contribution < -0.4 is 5.73 Å². The van der Waals surface area contributed by atoms with Gasteiger partial charge >= 0.3 is 0 Å². The Balaban J connectivity index is 2.22. The molecule has 90 valence electrons. The number of hydrogen-bond acceptors (Lipinski definition) is 3. The first-order chi connectivity index (χ1) is 8.65. The third kappa shape index (κ3) is 1.60. The smallest absolute Gasteiger partial charge is 0.178 e. The van der Waals surface area contributed by atoms with Crippen LogP contribution >= 0.6 is 0 Å². The summed E-state index contributed by atoms with van der Waals surface area (Å²) in [7, 11) is 0. The molecule has 0 amide bonds. The third-order valence-electron chi connectivity index (χ3n) is 2.79. The minimum absolute atomic E-state index is 0.0910. The van der Waals surface area contributed by atoms with Crippen molar-refractivity contribution in [1.82, 2.24) is 15.0 Å². The minimum Gasteiger partial charge on any atom is -0.396 e. The number of hydrogen-bond donors (Lipinski definition) is 2. The number of rotatable bonds is 1. The summed E-state index contributed by atoms with van der Waals surface area (Å²) in [5.74, 6) is 0.0807. The minimum atomic E-state index is -0.447. The molecule has 0 radical (unpaired) electrons. The number of H-pyrrole nitrogens is 1. The van der Waals surface area contributed by atoms with Gasteiger partial charge in [0.2, 0.25) is 0 Å². The van der Waals surface area contributed by atoms with E-state index in [2.05, 4.69) is 15.0 Å². The monoisotopic (exact) mass is 242 g/mol. The molecular formula is C13H11FN4. The molecule has 0 spiro atoms. The van der Waals surface area contributed by atoms with Crippen LogP contribution in [0.15, 0.2) is 30.3 Å². The number of anilines is 1. The van der Waals surface area contributed by atoms with Crippen LogP contribution in [0.2, 0.25) is 0 Å². The zero-order chi connectivity index (χ0) is 12.7. The number of nitrogens with two attached hydrogens (primary N) is 1. The highest BCUT2D eigenvalue weighted by Gasteiger charge is 2.11. The van der Waals surface area contributed by atoms with Crippen LogP contribution in [0.25, 0.3) is 22.6 Å². The number of pyridine rings is 1. The van der Waals surface area contributed by atoms with Crippen LogP contribution in [0, 0.1) is 12.7 Å². The Morgan fingerprint density at radius 3 is 2.83 bits per heavy atom. The number of nitrogen functional groups attached to an aromatic ring is 1. The van der Waals surface area contributed by atoms with E-state index in [1.165, 1.54) is 6.07 Å². The molecule has 0 saturated carbocycles. The Labute approximate surface area is 103 Å². The van der Waals surface area contributed by atoms with Crippen molar-refractivity contribution in [1.29, 1.82) is 0 Å². The fraction of sp³-hybridized carbons (Fsp3) is 0.0769. The molecule has 2 heterocycles. The maximum Gasteiger partial charge on any atom is 0.178 e. The van der Waals surface area contributed by atoms with Gasteiger partial charge in [-0.2, -0.15) is 0 Å². The van der Waals surface area contributed by atoms with Gasteiger partial charge in [0.1, 0.15) is 11.6 Å². The van der Waals surface area contributed by atoms with Gasteiger partial charge in [-0.1, -0.05) is 6.07 Å². The number of halogens is 1. The summed E-state index contributed by atoms with van der Waals surface area (Å²) in [5.41, 5.74) is 8.64. The molecule has 0 aliphatic heterocycles. The Bertz CT molecular complexity index is 733. The van der Waals surface area contributed by atoms with Crippen LogP contribution in [0.1, 0.15) is 5.69 Å². The summed E-state index contributed by atoms with van der Waals surface area (Å²) in [6.07, 6.45) is 0. The number of nitrogens with one attached hydrogen (secondary N) is 1. The zero-order valence-corrected chi connectivity index (χ0v) is 9.74. The molecule has 0 unspecified atom stereocenters. The average molecular weight is 242 g/mol. The van der Waals surface area contributed by atoms with Crippen LogP contribution in [-0.2, 0) is 0 Å². The lowest BCUT2D eigenvalue weighted by Crippen LogP contribution is -1.94. The Kier molecular flexibility index (Phi) is 2.26. The summed E-state index contributed by atoms with van der Waals surface area (Å²) >= 11 is 0. The van der Waals surface area contributed by atoms with Crippen molar-refractivity contribution in [2.45, 2.75) is 6.92 Å². The van der Waals surface area contributed by atoms with Crippen molar-refractivity contribution < 1.29 is 4.39 Å². The molecule has 3 aromatic rings. The van der Waals surface area contributed by atoms with E-state index in [4.69, 9.17) is 5.73 Å². The predicted molar refractivity (Wildman–Crippen MR) is 68.4 cm³/mol. The number of para-hydroxylation sites is 1. The molecule has 0 atom stereocenters. The van der Waals surface area contributed by atoms with Crippen molar-refractivity contribution >= 4 is 16.9 Å². The van der Waals surface area contributed by atoms with E-state index in [1.54, 1.807) is 12.1 Å². The summed E-state index contributed by atoms with van der Waals surface area (Å²) in [6, 6.07) is 8.43. The number of aromatic amines is 1. The van der Waals surface area contributed by atoms with E-state index in [0.29, 0.717) is 17.0 Å². The van der Waals surface area contributed by atoms with Crippen molar-refractivity contribution in [2.75, 3.05) is 5.73 Å². The van der Waals surface area contributed by atoms with Gasteiger partial charge in [0, 0.05) is 11.3 Å². The average Bonchev–Trinajstić information content (AvgIpc) is 2.75. The second kappa shape index (κ2) is 3.80. The van der Waals surface area contributed by atoms with Gasteiger partial charge in [0.05, 0.1) is 11.2 Å². The summed E-state index contributed by atoms with van der Waals surface area (Å²) in [4.78, 5) is 11.7. The molecule has 0 bridgehead atoms. The first-order valence-corrected chi connectivity index (χ1v) is 5.53. The van der Waals surface area contributed by atoms with E-state index in [9.17, 15) is 4.39 Å². The Hall–Kier alpha value is -2.43. The van der Waals surface area contributed by atoms with Crippen LogP contribution in [0.5, 0.6) is 0 Å². The van der Waals surface area contributed by atoms with Crippen molar-refractivity contribution in [3.63, 3.8) is 0 Å². The highest BCUT2D eigenvalue weighted by atomic mass is 19.1. The van der Waals surface area contributed by atoms with Gasteiger partial charge in [-0.3, -0.25) is 0 Å². The number of fused-ring (bicyclic) bond motifs is 1. The van der Waals surface area contributed by atoms with E-state index in [0.717, 1.165) is 11.2 Å². The number of aromatic nitrogens is 3. The summed E-state index contributed by atoms with van der Waals surface area (Å²) in [6.45, 7) is 1.89. The Morgan fingerprint density at radius 1 is 1.17 bits per heavy atom. The molecule has 3 rings (SSSR count). The van der Waals surface area contributed by atoms with Gasteiger partial charge in [-0.05, 0) is 31.2 Å². The first kappa shape index (κ1) is 10.7. The van der Waals surface area contributed by atoms with E-state index >= 15 is 0 Å². The number of imidazole rings is 1. The maximum absolute atomic E-state index is 13.4.